The summed E-state index contributed by atoms with van der Waals surface area (Å²) in [6.45, 7) is 4.84. The summed E-state index contributed by atoms with van der Waals surface area (Å²) >= 11 is 0. The van der Waals surface area contributed by atoms with Gasteiger partial charge in [-0.05, 0) is 93.8 Å². The maximum Gasteiger partial charge on any atom is 0.225 e. The first-order valence-corrected chi connectivity index (χ1v) is 17.7. The van der Waals surface area contributed by atoms with Crippen LogP contribution in [0.3, 0.4) is 0 Å². The van der Waals surface area contributed by atoms with Gasteiger partial charge in [-0.2, -0.15) is 10.1 Å². The van der Waals surface area contributed by atoms with E-state index in [1.54, 1.807) is 5.01 Å². The number of carbonyl (C=O) groups is 1. The number of aliphatic hydroxyl groups is 2. The Bertz CT molecular complexity index is 1760. The van der Waals surface area contributed by atoms with Crippen molar-refractivity contribution in [2.24, 2.45) is 22.9 Å². The highest BCUT2D eigenvalue weighted by atomic mass is 16.5. The first-order chi connectivity index (χ1) is 24.2. The van der Waals surface area contributed by atoms with Gasteiger partial charge in [-0.1, -0.05) is 42.5 Å². The lowest BCUT2D eigenvalue weighted by Gasteiger charge is -2.32. The molecule has 6 rings (SSSR count). The van der Waals surface area contributed by atoms with E-state index in [0.29, 0.717) is 36.3 Å². The lowest BCUT2D eigenvalue weighted by Crippen LogP contribution is -2.45. The monoisotopic (exact) mass is 679 g/mol. The number of hydrogen-bond donors (Lipinski definition) is 4. The van der Waals surface area contributed by atoms with E-state index in [1.165, 1.54) is 0 Å². The van der Waals surface area contributed by atoms with Gasteiger partial charge in [0.1, 0.15) is 11.6 Å². The summed E-state index contributed by atoms with van der Waals surface area (Å²) in [7, 11) is 3.98. The van der Waals surface area contributed by atoms with Gasteiger partial charge in [-0.3, -0.25) is 4.79 Å². The van der Waals surface area contributed by atoms with E-state index >= 15 is 0 Å². The standard InChI is InChI=1S/C39H49N7O4/c1-5-50-30-21-17-27(18-22-30)34(47)23-32(35-25(2)44-46(38(35)49)29-11-7-6-8-12-29)37(48)40-24-26-15-19-28(20-16-26)41-39-42-33-14-10-9-13-31(33)36(43-39)45(3)4/h6-14,17-18,21-22,26,28,32,34-35,38,47,49H,5,15-16,19-20,23-24H2,1-4H3,(H,40,48)(H,41,42,43)/t26-,28+,32?,34-,35?,38-/m1/s1. The number of nitrogens with one attached hydrogen (secondary N) is 2. The molecular formula is C39H49N7O4. The predicted molar refractivity (Wildman–Crippen MR) is 198 cm³/mol. The van der Waals surface area contributed by atoms with E-state index < -0.39 is 24.2 Å². The second kappa shape index (κ2) is 15.9. The Labute approximate surface area is 294 Å². The Morgan fingerprint density at radius 2 is 1.68 bits per heavy atom. The SMILES string of the molecule is CCOc1ccc([C@H](O)CC(C(=O)NC[C@H]2CC[C@@H](Nc3nc(N(C)C)c4ccccc4n3)CC2)C2C(C)=NN(c3ccccc3)[C@@H]2O)cc1. The maximum absolute atomic E-state index is 14.1. The maximum atomic E-state index is 14.1. The van der Waals surface area contributed by atoms with Crippen molar-refractivity contribution < 1.29 is 19.7 Å². The molecule has 264 valence electrons. The third-order valence-electron chi connectivity index (χ3n) is 9.92. The second-order valence-corrected chi connectivity index (χ2v) is 13.6. The number of aliphatic hydroxyl groups excluding tert-OH is 2. The molecule has 1 fully saturated rings. The van der Waals surface area contributed by atoms with Crippen LogP contribution in [0.2, 0.25) is 0 Å². The fourth-order valence-corrected chi connectivity index (χ4v) is 7.23. The average molecular weight is 680 g/mol. The van der Waals surface area contributed by atoms with Crippen LogP contribution in [-0.4, -0.2) is 71.3 Å². The van der Waals surface area contributed by atoms with Crippen molar-refractivity contribution in [2.45, 2.75) is 64.3 Å². The van der Waals surface area contributed by atoms with Crippen molar-refractivity contribution in [1.82, 2.24) is 15.3 Å². The molecule has 11 heteroatoms. The zero-order chi connectivity index (χ0) is 35.2. The molecule has 0 radical (unpaired) electrons. The van der Waals surface area contributed by atoms with Gasteiger partial charge < -0.3 is 30.5 Å². The van der Waals surface area contributed by atoms with Gasteiger partial charge >= 0.3 is 0 Å². The van der Waals surface area contributed by atoms with E-state index in [2.05, 4.69) is 15.7 Å². The van der Waals surface area contributed by atoms with Crippen LogP contribution in [0.1, 0.15) is 57.6 Å². The number of fused-ring (bicyclic) bond motifs is 1. The molecule has 1 saturated carbocycles. The number of hydrogen-bond acceptors (Lipinski definition) is 10. The van der Waals surface area contributed by atoms with Gasteiger partial charge in [0.2, 0.25) is 11.9 Å². The van der Waals surface area contributed by atoms with E-state index in [-0.39, 0.29) is 18.4 Å². The minimum Gasteiger partial charge on any atom is -0.494 e. The molecule has 4 aromatic rings. The summed E-state index contributed by atoms with van der Waals surface area (Å²) in [5.74, 6) is 1.06. The molecule has 11 nitrogen and oxygen atoms in total. The molecule has 0 spiro atoms. The Balaban J connectivity index is 1.10. The van der Waals surface area contributed by atoms with Crippen LogP contribution < -0.4 is 25.3 Å². The Hall–Kier alpha value is -4.74. The zero-order valence-corrected chi connectivity index (χ0v) is 29.4. The number of benzene rings is 3. The fourth-order valence-electron chi connectivity index (χ4n) is 7.23. The highest BCUT2D eigenvalue weighted by molar-refractivity contribution is 5.94. The van der Waals surface area contributed by atoms with Crippen LogP contribution in [0.25, 0.3) is 10.9 Å². The molecular weight excluding hydrogens is 630 g/mol. The molecule has 1 aromatic heterocycles. The predicted octanol–water partition coefficient (Wildman–Crippen LogP) is 5.75. The van der Waals surface area contributed by atoms with Gasteiger partial charge in [0.25, 0.3) is 0 Å². The molecule has 1 aliphatic heterocycles. The molecule has 3 aromatic carbocycles. The van der Waals surface area contributed by atoms with Crippen LogP contribution in [0.15, 0.2) is 84.0 Å². The van der Waals surface area contributed by atoms with Crippen LogP contribution in [0.5, 0.6) is 5.75 Å². The van der Waals surface area contributed by atoms with Crippen molar-refractivity contribution in [3.8, 4) is 5.75 Å². The number of hydrazone groups is 1. The lowest BCUT2D eigenvalue weighted by atomic mass is 9.81. The summed E-state index contributed by atoms with van der Waals surface area (Å²) in [5.41, 5.74) is 2.99. The number of amides is 1. The van der Waals surface area contributed by atoms with Crippen LogP contribution in [0, 0.1) is 17.8 Å². The van der Waals surface area contributed by atoms with Crippen LogP contribution >= 0.6 is 0 Å². The highest BCUT2D eigenvalue weighted by Gasteiger charge is 2.44. The van der Waals surface area contributed by atoms with Crippen LogP contribution in [0.4, 0.5) is 17.5 Å². The molecule has 4 N–H and O–H groups in total. The van der Waals surface area contributed by atoms with Gasteiger partial charge in [0.15, 0.2) is 6.23 Å². The average Bonchev–Trinajstić information content (AvgIpc) is 3.43. The number of carbonyl (C=O) groups excluding carboxylic acids is 1. The number of para-hydroxylation sites is 2. The van der Waals surface area contributed by atoms with Gasteiger partial charge in [0.05, 0.1) is 35.8 Å². The molecule has 50 heavy (non-hydrogen) atoms. The molecule has 0 saturated heterocycles. The minimum atomic E-state index is -1.05. The van der Waals surface area contributed by atoms with E-state index in [9.17, 15) is 15.0 Å². The Kier molecular flexibility index (Phi) is 11.1. The van der Waals surface area contributed by atoms with Crippen molar-refractivity contribution in [2.75, 3.05) is 42.5 Å². The first kappa shape index (κ1) is 35.1. The lowest BCUT2D eigenvalue weighted by molar-refractivity contribution is -0.128. The number of rotatable bonds is 13. The summed E-state index contributed by atoms with van der Waals surface area (Å²) < 4.78 is 5.57. The van der Waals surface area contributed by atoms with Crippen molar-refractivity contribution >= 4 is 40.0 Å². The van der Waals surface area contributed by atoms with Crippen LogP contribution in [-0.2, 0) is 4.79 Å². The quantitative estimate of drug-likeness (QED) is 0.139. The largest absolute Gasteiger partial charge is 0.494 e. The van der Waals surface area contributed by atoms with Gasteiger partial charge in [-0.25, -0.2) is 9.99 Å². The van der Waals surface area contributed by atoms with E-state index in [1.807, 2.05) is 112 Å². The molecule has 1 amide bonds. The second-order valence-electron chi connectivity index (χ2n) is 13.6. The summed E-state index contributed by atoms with van der Waals surface area (Å²) in [6.07, 6.45) is 1.93. The number of aromatic nitrogens is 2. The smallest absolute Gasteiger partial charge is 0.225 e. The number of anilines is 3. The summed E-state index contributed by atoms with van der Waals surface area (Å²) in [5, 5.41) is 37.0. The van der Waals surface area contributed by atoms with E-state index in [0.717, 1.165) is 53.8 Å². The first-order valence-electron chi connectivity index (χ1n) is 17.7. The number of nitrogens with zero attached hydrogens (tertiary/aromatic N) is 5. The van der Waals surface area contributed by atoms with Gasteiger partial charge in [0, 0.05) is 37.8 Å². The highest BCUT2D eigenvalue weighted by Crippen LogP contribution is 2.37. The Morgan fingerprint density at radius 1 is 0.980 bits per heavy atom. The topological polar surface area (TPSA) is 135 Å². The van der Waals surface area contributed by atoms with Gasteiger partial charge in [-0.15, -0.1) is 0 Å². The molecule has 4 atom stereocenters. The third kappa shape index (κ3) is 8.00. The molecule has 0 bridgehead atoms. The Morgan fingerprint density at radius 3 is 2.38 bits per heavy atom. The van der Waals surface area contributed by atoms with E-state index in [4.69, 9.17) is 14.7 Å². The normalized spacial score (nSPS) is 21.7. The zero-order valence-electron chi connectivity index (χ0n) is 29.4. The fraction of sp³-hybridized carbons (Fsp3) is 0.436. The third-order valence-corrected chi connectivity index (χ3v) is 9.92. The molecule has 2 aliphatic rings. The molecule has 2 unspecified atom stereocenters. The summed E-state index contributed by atoms with van der Waals surface area (Å²) in [4.78, 5) is 25.7. The van der Waals surface area contributed by atoms with Crippen molar-refractivity contribution in [1.29, 1.82) is 0 Å². The molecule has 1 aliphatic carbocycles. The molecule has 2 heterocycles. The van der Waals surface area contributed by atoms with Crippen molar-refractivity contribution in [3.63, 3.8) is 0 Å². The van der Waals surface area contributed by atoms with Crippen molar-refractivity contribution in [3.05, 3.63) is 84.4 Å². The minimum absolute atomic E-state index is 0.133. The number of ether oxygens (including phenoxy) is 1. The summed E-state index contributed by atoms with van der Waals surface area (Å²) in [6, 6.07) is 25.0.